The maximum absolute atomic E-state index is 12.6. The fourth-order valence-corrected chi connectivity index (χ4v) is 3.17. The lowest BCUT2D eigenvalue weighted by molar-refractivity contribution is -0.147. The number of aryl methyl sites for hydroxylation is 2. The molecule has 0 aliphatic carbocycles. The second-order valence-electron chi connectivity index (χ2n) is 6.50. The van der Waals surface area contributed by atoms with E-state index in [4.69, 9.17) is 4.74 Å². The van der Waals surface area contributed by atoms with Gasteiger partial charge in [-0.3, -0.25) is 18.7 Å². The van der Waals surface area contributed by atoms with Gasteiger partial charge in [-0.25, -0.2) is 4.79 Å². The molecule has 0 atom stereocenters. The van der Waals surface area contributed by atoms with Gasteiger partial charge < -0.3 is 14.8 Å². The van der Waals surface area contributed by atoms with Gasteiger partial charge in [-0.2, -0.15) is 8.78 Å². The van der Waals surface area contributed by atoms with Crippen molar-refractivity contribution in [3.05, 3.63) is 59.0 Å². The molecule has 0 saturated carbocycles. The number of hydrogen-bond donors (Lipinski definition) is 1. The van der Waals surface area contributed by atoms with Gasteiger partial charge in [0.15, 0.2) is 6.61 Å². The number of rotatable bonds is 9. The fraction of sp³-hybridized carbons (Fsp3) is 0.286. The number of imidazole rings is 1. The lowest BCUT2D eigenvalue weighted by Gasteiger charge is -2.11. The van der Waals surface area contributed by atoms with Crippen LogP contribution in [0.4, 0.5) is 14.5 Å². The lowest BCUT2D eigenvalue weighted by Crippen LogP contribution is -2.26. The molecule has 0 saturated heterocycles. The molecule has 164 valence electrons. The van der Waals surface area contributed by atoms with Crippen LogP contribution in [-0.4, -0.2) is 34.2 Å². The predicted octanol–water partition coefficient (Wildman–Crippen LogP) is 3.00. The zero-order chi connectivity index (χ0) is 22.4. The van der Waals surface area contributed by atoms with E-state index in [1.807, 2.05) is 19.1 Å². The van der Waals surface area contributed by atoms with E-state index in [-0.39, 0.29) is 30.1 Å². The van der Waals surface area contributed by atoms with Crippen LogP contribution >= 0.6 is 0 Å². The minimum atomic E-state index is -3.04. The number of ether oxygens (including phenoxy) is 2. The molecule has 8 nitrogen and oxygen atoms in total. The molecule has 0 spiro atoms. The molecule has 3 aromatic rings. The van der Waals surface area contributed by atoms with Crippen molar-refractivity contribution in [1.29, 1.82) is 0 Å². The maximum Gasteiger partial charge on any atom is 0.387 e. The summed E-state index contributed by atoms with van der Waals surface area (Å²) >= 11 is 0. The van der Waals surface area contributed by atoms with Gasteiger partial charge in [0.1, 0.15) is 5.75 Å². The molecule has 0 bridgehead atoms. The largest absolute Gasteiger partial charge is 0.456 e. The van der Waals surface area contributed by atoms with Gasteiger partial charge in [-0.1, -0.05) is 24.3 Å². The van der Waals surface area contributed by atoms with Gasteiger partial charge in [0.25, 0.3) is 5.91 Å². The van der Waals surface area contributed by atoms with Gasteiger partial charge in [0.05, 0.1) is 23.1 Å². The van der Waals surface area contributed by atoms with Crippen molar-refractivity contribution >= 4 is 28.6 Å². The number of esters is 1. The molecule has 0 unspecified atom stereocenters. The Labute approximate surface area is 176 Å². The molecule has 3 rings (SSSR count). The Kier molecular flexibility index (Phi) is 7.01. The highest BCUT2D eigenvalue weighted by atomic mass is 19.3. The minimum Gasteiger partial charge on any atom is -0.456 e. The van der Waals surface area contributed by atoms with E-state index >= 15 is 0 Å². The third-order valence-corrected chi connectivity index (χ3v) is 4.52. The van der Waals surface area contributed by atoms with Gasteiger partial charge in [-0.05, 0) is 31.2 Å². The number of anilines is 1. The number of hydrogen-bond acceptors (Lipinski definition) is 5. The zero-order valence-electron chi connectivity index (χ0n) is 16.7. The molecule has 31 heavy (non-hydrogen) atoms. The van der Waals surface area contributed by atoms with Crippen molar-refractivity contribution in [1.82, 2.24) is 9.13 Å². The molecular formula is C21H21F2N3O5. The normalized spacial score (nSPS) is 11.0. The Morgan fingerprint density at radius 1 is 1.03 bits per heavy atom. The van der Waals surface area contributed by atoms with Crippen LogP contribution in [0.5, 0.6) is 5.75 Å². The van der Waals surface area contributed by atoms with E-state index in [9.17, 15) is 23.2 Å². The zero-order valence-corrected chi connectivity index (χ0v) is 16.7. The highest BCUT2D eigenvalue weighted by molar-refractivity contribution is 5.94. The highest BCUT2D eigenvalue weighted by Gasteiger charge is 2.15. The van der Waals surface area contributed by atoms with Crippen molar-refractivity contribution < 1.29 is 27.8 Å². The third kappa shape index (κ3) is 5.27. The quantitative estimate of drug-likeness (QED) is 0.524. The number of amides is 1. The summed E-state index contributed by atoms with van der Waals surface area (Å²) < 4.78 is 37.2. The number of nitrogens with one attached hydrogen (secondary N) is 1. The minimum absolute atomic E-state index is 0.0303. The van der Waals surface area contributed by atoms with E-state index in [0.29, 0.717) is 12.1 Å². The summed E-state index contributed by atoms with van der Waals surface area (Å²) in [6.07, 6.45) is -0.115. The summed E-state index contributed by atoms with van der Waals surface area (Å²) in [5, 5.41) is 2.36. The summed E-state index contributed by atoms with van der Waals surface area (Å²) in [5.41, 5.74) is 1.27. The van der Waals surface area contributed by atoms with Crippen LogP contribution in [0.3, 0.4) is 0 Å². The number of carbonyl (C=O) groups excluding carboxylic acids is 2. The van der Waals surface area contributed by atoms with Crippen molar-refractivity contribution in [3.8, 4) is 5.75 Å². The van der Waals surface area contributed by atoms with Crippen LogP contribution in [-0.2, 0) is 27.4 Å². The Morgan fingerprint density at radius 3 is 2.35 bits per heavy atom. The predicted molar refractivity (Wildman–Crippen MR) is 109 cm³/mol. The molecule has 0 fully saturated rings. The molecule has 0 aliphatic heterocycles. The molecule has 1 N–H and O–H groups in total. The number of benzene rings is 2. The van der Waals surface area contributed by atoms with Crippen molar-refractivity contribution in [2.24, 2.45) is 0 Å². The first-order chi connectivity index (χ1) is 14.9. The smallest absolute Gasteiger partial charge is 0.387 e. The Bertz CT molecular complexity index is 1140. The Balaban J connectivity index is 1.56. The number of halogens is 2. The molecular weight excluding hydrogens is 412 g/mol. The van der Waals surface area contributed by atoms with Crippen LogP contribution < -0.4 is 15.7 Å². The molecule has 1 aromatic heterocycles. The lowest BCUT2D eigenvalue weighted by atomic mass is 10.3. The number of nitrogens with zero attached hydrogens (tertiary/aromatic N) is 2. The van der Waals surface area contributed by atoms with Gasteiger partial charge in [-0.15, -0.1) is 0 Å². The van der Waals surface area contributed by atoms with Crippen LogP contribution in [0.1, 0.15) is 13.3 Å². The topological polar surface area (TPSA) is 91.6 Å². The molecule has 1 heterocycles. The van der Waals surface area contributed by atoms with Crippen molar-refractivity contribution in [2.75, 3.05) is 11.9 Å². The van der Waals surface area contributed by atoms with Gasteiger partial charge in [0, 0.05) is 13.1 Å². The summed E-state index contributed by atoms with van der Waals surface area (Å²) in [7, 11) is 0. The van der Waals surface area contributed by atoms with E-state index in [0.717, 1.165) is 5.52 Å². The first-order valence-electron chi connectivity index (χ1n) is 9.58. The van der Waals surface area contributed by atoms with Gasteiger partial charge in [0.2, 0.25) is 0 Å². The number of carbonyl (C=O) groups is 2. The van der Waals surface area contributed by atoms with E-state index in [2.05, 4.69) is 10.1 Å². The summed E-state index contributed by atoms with van der Waals surface area (Å²) in [6, 6.07) is 12.9. The van der Waals surface area contributed by atoms with Crippen molar-refractivity contribution in [3.63, 3.8) is 0 Å². The molecule has 0 radical (unpaired) electrons. The standard InChI is InChI=1S/C21H21F2N3O5/c1-2-25-15-8-4-5-9-16(15)26(21(25)29)12-11-19(28)30-13-18(27)24-14-7-3-6-10-17(14)31-20(22)23/h3-10,20H,2,11-13H2,1H3,(H,24,27). The first-order valence-corrected chi connectivity index (χ1v) is 9.58. The monoisotopic (exact) mass is 433 g/mol. The fourth-order valence-electron chi connectivity index (χ4n) is 3.17. The number of fused-ring (bicyclic) bond motifs is 1. The average molecular weight is 433 g/mol. The third-order valence-electron chi connectivity index (χ3n) is 4.52. The molecule has 2 aromatic carbocycles. The summed E-state index contributed by atoms with van der Waals surface area (Å²) in [4.78, 5) is 36.6. The molecule has 0 aliphatic rings. The average Bonchev–Trinajstić information content (AvgIpc) is 3.02. The van der Waals surface area contributed by atoms with E-state index in [1.54, 1.807) is 16.7 Å². The maximum atomic E-state index is 12.6. The van der Waals surface area contributed by atoms with Gasteiger partial charge >= 0.3 is 18.3 Å². The number of alkyl halides is 2. The summed E-state index contributed by atoms with van der Waals surface area (Å²) in [6.45, 7) is -1.20. The number of aromatic nitrogens is 2. The second-order valence-corrected chi connectivity index (χ2v) is 6.50. The second kappa shape index (κ2) is 9.88. The van der Waals surface area contributed by atoms with Crippen LogP contribution in [0, 0.1) is 0 Å². The van der Waals surface area contributed by atoms with Crippen molar-refractivity contribution in [2.45, 2.75) is 33.0 Å². The van der Waals surface area contributed by atoms with Crippen LogP contribution in [0.25, 0.3) is 11.0 Å². The van der Waals surface area contributed by atoms with E-state index in [1.165, 1.54) is 28.8 Å². The Morgan fingerprint density at radius 2 is 1.68 bits per heavy atom. The molecule has 1 amide bonds. The SMILES string of the molecule is CCn1c(=O)n(CCC(=O)OCC(=O)Nc2ccccc2OC(F)F)c2ccccc21. The summed E-state index contributed by atoms with van der Waals surface area (Å²) in [5.74, 6) is -1.59. The van der Waals surface area contributed by atoms with Crippen LogP contribution in [0.2, 0.25) is 0 Å². The van der Waals surface area contributed by atoms with Crippen LogP contribution in [0.15, 0.2) is 53.3 Å². The van der Waals surface area contributed by atoms with E-state index < -0.39 is 25.1 Å². The molecule has 10 heteroatoms. The highest BCUT2D eigenvalue weighted by Crippen LogP contribution is 2.25. The number of para-hydroxylation sites is 4. The Hall–Kier alpha value is -3.69. The first kappa shape index (κ1) is 22.0.